The molecule has 0 saturated carbocycles. The first-order valence-electron chi connectivity index (χ1n) is 2.34. The number of amides is 1. The van der Waals surface area contributed by atoms with Crippen LogP contribution in [0.1, 0.15) is 0 Å². The number of hydrogen-bond donors (Lipinski definition) is 0. The van der Waals surface area contributed by atoms with Gasteiger partial charge >= 0.3 is 6.09 Å². The third-order valence-corrected chi connectivity index (χ3v) is 1.48. The molecule has 0 fully saturated rings. The average molecular weight is 146 g/mol. The average Bonchev–Trinajstić information content (AvgIpc) is 2.37. The lowest BCUT2D eigenvalue weighted by Crippen LogP contribution is -2.21. The zero-order valence-corrected chi connectivity index (χ0v) is 5.72. The van der Waals surface area contributed by atoms with Gasteiger partial charge in [0.25, 0.3) is 0 Å². The molecular formula is C4H6N2O2S. The normalized spacial score (nSPS) is 16.3. The van der Waals surface area contributed by atoms with Crippen molar-refractivity contribution in [3.63, 3.8) is 0 Å². The number of hydrogen-bond acceptors (Lipinski definition) is 4. The predicted octanol–water partition coefficient (Wildman–Crippen LogP) is 0.702. The van der Waals surface area contributed by atoms with Gasteiger partial charge in [-0.1, -0.05) is 11.8 Å². The van der Waals surface area contributed by atoms with E-state index >= 15 is 0 Å². The summed E-state index contributed by atoms with van der Waals surface area (Å²) < 4.78 is 4.39. The molecule has 5 heteroatoms. The maximum Gasteiger partial charge on any atom is 0.430 e. The summed E-state index contributed by atoms with van der Waals surface area (Å²) in [6.45, 7) is 0. The van der Waals surface area contributed by atoms with Crippen LogP contribution in [0.3, 0.4) is 0 Å². The van der Waals surface area contributed by atoms with Gasteiger partial charge in [0.05, 0.1) is 18.5 Å². The third-order valence-electron chi connectivity index (χ3n) is 0.843. The molecule has 1 aliphatic rings. The van der Waals surface area contributed by atoms with E-state index in [1.807, 2.05) is 0 Å². The lowest BCUT2D eigenvalue weighted by Gasteiger charge is -2.06. The standard InChI is InChI=1S/C4H6N2O2S/c1-8-4(7)6-3-9-2-5-6/h2H,3H2,1H3. The topological polar surface area (TPSA) is 41.9 Å². The van der Waals surface area contributed by atoms with Crippen molar-refractivity contribution in [3.8, 4) is 0 Å². The minimum Gasteiger partial charge on any atom is -0.451 e. The molecule has 1 heterocycles. The molecule has 0 bridgehead atoms. The van der Waals surface area contributed by atoms with Crippen LogP contribution in [0.15, 0.2) is 5.10 Å². The fraction of sp³-hybridized carbons (Fsp3) is 0.500. The summed E-state index contributed by atoms with van der Waals surface area (Å²) in [6.07, 6.45) is -0.406. The molecular weight excluding hydrogens is 140 g/mol. The highest BCUT2D eigenvalue weighted by atomic mass is 32.2. The van der Waals surface area contributed by atoms with E-state index in [1.165, 1.54) is 23.9 Å². The Balaban J connectivity index is 2.43. The van der Waals surface area contributed by atoms with Gasteiger partial charge in [-0.05, 0) is 0 Å². The molecule has 1 amide bonds. The van der Waals surface area contributed by atoms with Gasteiger partial charge in [-0.3, -0.25) is 0 Å². The van der Waals surface area contributed by atoms with E-state index < -0.39 is 6.09 Å². The number of hydrazone groups is 1. The molecule has 0 N–H and O–H groups in total. The van der Waals surface area contributed by atoms with Crippen LogP contribution in [0.4, 0.5) is 4.79 Å². The van der Waals surface area contributed by atoms with Crippen molar-refractivity contribution in [2.75, 3.05) is 13.0 Å². The smallest absolute Gasteiger partial charge is 0.430 e. The van der Waals surface area contributed by atoms with Gasteiger partial charge in [0.1, 0.15) is 0 Å². The molecule has 0 spiro atoms. The van der Waals surface area contributed by atoms with Gasteiger partial charge < -0.3 is 4.74 Å². The van der Waals surface area contributed by atoms with Crippen LogP contribution in [0, 0.1) is 0 Å². The van der Waals surface area contributed by atoms with Crippen LogP contribution >= 0.6 is 11.8 Å². The molecule has 0 aliphatic carbocycles. The Labute approximate surface area is 56.9 Å². The van der Waals surface area contributed by atoms with E-state index in [0.29, 0.717) is 5.88 Å². The minimum atomic E-state index is -0.406. The highest BCUT2D eigenvalue weighted by molar-refractivity contribution is 8.12. The Morgan fingerprint density at radius 1 is 2.00 bits per heavy atom. The fourth-order valence-corrected chi connectivity index (χ4v) is 0.993. The number of carbonyl (C=O) groups is 1. The first-order chi connectivity index (χ1) is 4.34. The zero-order chi connectivity index (χ0) is 6.69. The maximum absolute atomic E-state index is 10.6. The third kappa shape index (κ3) is 1.35. The van der Waals surface area contributed by atoms with E-state index in [9.17, 15) is 4.79 Å². The Bertz CT molecular complexity index is 148. The summed E-state index contributed by atoms with van der Waals surface area (Å²) >= 11 is 1.46. The molecule has 0 aromatic rings. The molecule has 0 unspecified atom stereocenters. The first-order valence-corrected chi connectivity index (χ1v) is 3.39. The van der Waals surface area contributed by atoms with Crippen LogP contribution in [0.2, 0.25) is 0 Å². The second kappa shape index (κ2) is 2.72. The lowest BCUT2D eigenvalue weighted by molar-refractivity contribution is 0.134. The molecule has 0 saturated heterocycles. The summed E-state index contributed by atoms with van der Waals surface area (Å²) in [7, 11) is 1.33. The Kier molecular flexibility index (Phi) is 1.94. The van der Waals surface area contributed by atoms with Crippen molar-refractivity contribution in [2.45, 2.75) is 0 Å². The van der Waals surface area contributed by atoms with Crippen molar-refractivity contribution in [3.05, 3.63) is 0 Å². The molecule has 50 valence electrons. The lowest BCUT2D eigenvalue weighted by atomic mass is 11.0. The second-order valence-corrected chi connectivity index (χ2v) is 2.19. The molecule has 0 radical (unpaired) electrons. The van der Waals surface area contributed by atoms with Crippen LogP contribution in [-0.4, -0.2) is 29.6 Å². The van der Waals surface area contributed by atoms with Crippen molar-refractivity contribution in [1.29, 1.82) is 0 Å². The summed E-state index contributed by atoms with van der Waals surface area (Å²) in [5.74, 6) is 0.562. The predicted molar refractivity (Wildman–Crippen MR) is 35.2 cm³/mol. The summed E-state index contributed by atoms with van der Waals surface area (Å²) in [4.78, 5) is 10.6. The number of methoxy groups -OCH3 is 1. The summed E-state index contributed by atoms with van der Waals surface area (Å²) in [6, 6.07) is 0. The molecule has 9 heavy (non-hydrogen) atoms. The maximum atomic E-state index is 10.6. The number of carbonyl (C=O) groups excluding carboxylic acids is 1. The van der Waals surface area contributed by atoms with Crippen LogP contribution < -0.4 is 0 Å². The van der Waals surface area contributed by atoms with Gasteiger partial charge in [-0.2, -0.15) is 10.1 Å². The van der Waals surface area contributed by atoms with E-state index in [4.69, 9.17) is 0 Å². The molecule has 1 rings (SSSR count). The Hall–Kier alpha value is -0.710. The summed E-state index contributed by atoms with van der Waals surface area (Å²) in [5.41, 5.74) is 1.61. The Morgan fingerprint density at radius 3 is 3.22 bits per heavy atom. The van der Waals surface area contributed by atoms with Crippen LogP contribution in [0.25, 0.3) is 0 Å². The van der Waals surface area contributed by atoms with Crippen molar-refractivity contribution in [2.24, 2.45) is 5.10 Å². The second-order valence-electron chi connectivity index (χ2n) is 1.39. The SMILES string of the molecule is COC(=O)N1CSC=N1. The quantitative estimate of drug-likeness (QED) is 0.505. The number of ether oxygens (including phenoxy) is 1. The first kappa shape index (κ1) is 6.41. The monoisotopic (exact) mass is 146 g/mol. The minimum absolute atomic E-state index is 0.406. The zero-order valence-electron chi connectivity index (χ0n) is 4.90. The number of rotatable bonds is 0. The van der Waals surface area contributed by atoms with Crippen LogP contribution in [0.5, 0.6) is 0 Å². The van der Waals surface area contributed by atoms with Gasteiger partial charge in [-0.15, -0.1) is 0 Å². The molecule has 1 aliphatic heterocycles. The summed E-state index contributed by atoms with van der Waals surface area (Å²) in [5, 5.41) is 4.96. The van der Waals surface area contributed by atoms with Gasteiger partial charge in [0, 0.05) is 0 Å². The van der Waals surface area contributed by atoms with E-state index in [-0.39, 0.29) is 0 Å². The Morgan fingerprint density at radius 2 is 2.78 bits per heavy atom. The highest BCUT2D eigenvalue weighted by Gasteiger charge is 2.14. The molecule has 0 aromatic heterocycles. The number of thioether (sulfide) groups is 1. The molecule has 0 aromatic carbocycles. The molecule has 4 nitrogen and oxygen atoms in total. The molecule has 0 atom stereocenters. The van der Waals surface area contributed by atoms with Crippen LogP contribution in [-0.2, 0) is 4.74 Å². The van der Waals surface area contributed by atoms with E-state index in [0.717, 1.165) is 0 Å². The number of nitrogens with zero attached hydrogens (tertiary/aromatic N) is 2. The highest BCUT2D eigenvalue weighted by Crippen LogP contribution is 2.09. The van der Waals surface area contributed by atoms with Crippen molar-refractivity contribution < 1.29 is 9.53 Å². The fourth-order valence-electron chi connectivity index (χ4n) is 0.433. The van der Waals surface area contributed by atoms with E-state index in [1.54, 1.807) is 5.55 Å². The van der Waals surface area contributed by atoms with Crippen molar-refractivity contribution in [1.82, 2.24) is 5.01 Å². The van der Waals surface area contributed by atoms with Gasteiger partial charge in [-0.25, -0.2) is 4.79 Å². The van der Waals surface area contributed by atoms with Gasteiger partial charge in [0.15, 0.2) is 0 Å². The largest absolute Gasteiger partial charge is 0.451 e. The van der Waals surface area contributed by atoms with Crippen molar-refractivity contribution >= 4 is 23.4 Å². The van der Waals surface area contributed by atoms with Gasteiger partial charge in [0.2, 0.25) is 0 Å². The van der Waals surface area contributed by atoms with E-state index in [2.05, 4.69) is 9.84 Å².